The van der Waals surface area contributed by atoms with Gasteiger partial charge in [0.25, 0.3) is 0 Å². The molecular weight excluding hydrogens is 252 g/mol. The summed E-state index contributed by atoms with van der Waals surface area (Å²) in [6.45, 7) is -0.130. The highest BCUT2D eigenvalue weighted by Crippen LogP contribution is 2.29. The first-order valence-electron chi connectivity index (χ1n) is 6.56. The number of pyridine rings is 1. The van der Waals surface area contributed by atoms with Crippen molar-refractivity contribution in [2.75, 3.05) is 0 Å². The van der Waals surface area contributed by atoms with E-state index in [9.17, 15) is 10.2 Å². The number of hydrogen-bond donors (Lipinski definition) is 3. The molecule has 0 bridgehead atoms. The zero-order chi connectivity index (χ0) is 13.7. The number of hydrogen-bond acceptors (Lipinski definition) is 2. The summed E-state index contributed by atoms with van der Waals surface area (Å²) in [7, 11) is 0. The zero-order valence-electron chi connectivity index (χ0n) is 10.8. The number of aliphatic hydroxyl groups is 2. The third kappa shape index (κ3) is 1.49. The Morgan fingerprint density at radius 2 is 1.70 bits per heavy atom. The van der Waals surface area contributed by atoms with E-state index in [0.29, 0.717) is 0 Å². The Morgan fingerprint density at radius 3 is 2.50 bits per heavy atom. The molecule has 0 aliphatic heterocycles. The molecule has 0 unspecified atom stereocenters. The van der Waals surface area contributed by atoms with Gasteiger partial charge in [-0.05, 0) is 41.5 Å². The summed E-state index contributed by atoms with van der Waals surface area (Å²) in [5.41, 5.74) is 4.70. The maximum Gasteiger partial charge on any atom is 0.0686 e. The second-order valence-corrected chi connectivity index (χ2v) is 5.05. The summed E-state index contributed by atoms with van der Waals surface area (Å²) < 4.78 is 2.07. The molecule has 3 N–H and O–H groups in total. The van der Waals surface area contributed by atoms with Crippen molar-refractivity contribution in [1.82, 2.24) is 9.38 Å². The van der Waals surface area contributed by atoms with Gasteiger partial charge >= 0.3 is 0 Å². The lowest BCUT2D eigenvalue weighted by molar-refractivity contribution is 0.260. The van der Waals surface area contributed by atoms with Crippen LogP contribution in [0.4, 0.5) is 0 Å². The van der Waals surface area contributed by atoms with E-state index in [1.807, 2.05) is 24.4 Å². The second-order valence-electron chi connectivity index (χ2n) is 5.05. The number of aromatic nitrogens is 2. The van der Waals surface area contributed by atoms with Crippen LogP contribution in [0.25, 0.3) is 27.3 Å². The number of nitrogens with zero attached hydrogens (tertiary/aromatic N) is 1. The summed E-state index contributed by atoms with van der Waals surface area (Å²) >= 11 is 0. The van der Waals surface area contributed by atoms with Crippen molar-refractivity contribution in [2.24, 2.45) is 0 Å². The summed E-state index contributed by atoms with van der Waals surface area (Å²) in [5.74, 6) is 0. The highest BCUT2D eigenvalue weighted by atomic mass is 16.3. The molecule has 100 valence electrons. The molecule has 0 amide bonds. The second kappa shape index (κ2) is 4.10. The number of H-pyrrole nitrogens is 1. The SMILES string of the molecule is OCc1cc2[nH]c3cn4cccc4cc3c2cc1CO. The Labute approximate surface area is 114 Å². The van der Waals surface area contributed by atoms with Crippen LogP contribution in [-0.4, -0.2) is 19.6 Å². The molecule has 0 aliphatic carbocycles. The van der Waals surface area contributed by atoms with Crippen molar-refractivity contribution >= 4 is 27.3 Å². The van der Waals surface area contributed by atoms with Crippen molar-refractivity contribution in [1.29, 1.82) is 0 Å². The lowest BCUT2D eigenvalue weighted by Gasteiger charge is -2.04. The standard InChI is InChI=1S/C16H14N2O2/c19-8-10-4-13-14-6-12-2-1-3-18(12)7-16(14)17-15(13)5-11(10)9-20/h1-7,17,19-20H,8-9H2. The molecule has 0 aliphatic rings. The lowest BCUT2D eigenvalue weighted by atomic mass is 10.0. The van der Waals surface area contributed by atoms with E-state index in [2.05, 4.69) is 27.7 Å². The largest absolute Gasteiger partial charge is 0.392 e. The highest BCUT2D eigenvalue weighted by Gasteiger charge is 2.10. The predicted molar refractivity (Wildman–Crippen MR) is 78.6 cm³/mol. The van der Waals surface area contributed by atoms with Crippen molar-refractivity contribution in [3.8, 4) is 0 Å². The fourth-order valence-corrected chi connectivity index (χ4v) is 2.86. The average molecular weight is 266 g/mol. The summed E-state index contributed by atoms with van der Waals surface area (Å²) in [5, 5.41) is 21.0. The third-order valence-electron chi connectivity index (χ3n) is 3.90. The topological polar surface area (TPSA) is 60.7 Å². The van der Waals surface area contributed by atoms with Gasteiger partial charge in [-0.2, -0.15) is 0 Å². The fourth-order valence-electron chi connectivity index (χ4n) is 2.86. The Morgan fingerprint density at radius 1 is 0.950 bits per heavy atom. The van der Waals surface area contributed by atoms with Crippen LogP contribution in [-0.2, 0) is 13.2 Å². The minimum absolute atomic E-state index is 0.0636. The van der Waals surface area contributed by atoms with Gasteiger partial charge in [0.05, 0.1) is 18.7 Å². The molecule has 3 aromatic heterocycles. The molecule has 0 saturated carbocycles. The van der Waals surface area contributed by atoms with Gasteiger partial charge in [0.15, 0.2) is 0 Å². The van der Waals surface area contributed by atoms with Crippen molar-refractivity contribution in [3.63, 3.8) is 0 Å². The van der Waals surface area contributed by atoms with E-state index >= 15 is 0 Å². The third-order valence-corrected chi connectivity index (χ3v) is 3.90. The summed E-state index contributed by atoms with van der Waals surface area (Å²) in [6, 6.07) is 10.1. The predicted octanol–water partition coefficient (Wildman–Crippen LogP) is 2.56. The Bertz CT molecular complexity index is 934. The van der Waals surface area contributed by atoms with Crippen LogP contribution in [0.5, 0.6) is 0 Å². The lowest BCUT2D eigenvalue weighted by Crippen LogP contribution is -1.93. The Hall–Kier alpha value is -2.30. The first-order chi connectivity index (χ1) is 9.80. The van der Waals surface area contributed by atoms with Crippen LogP contribution < -0.4 is 0 Å². The van der Waals surface area contributed by atoms with Gasteiger partial charge in [0, 0.05) is 34.2 Å². The van der Waals surface area contributed by atoms with Crippen LogP contribution in [0.2, 0.25) is 0 Å². The van der Waals surface area contributed by atoms with Gasteiger partial charge in [0.2, 0.25) is 0 Å². The summed E-state index contributed by atoms with van der Waals surface area (Å²) in [6.07, 6.45) is 4.07. The van der Waals surface area contributed by atoms with E-state index < -0.39 is 0 Å². The Balaban J connectivity index is 2.14. The molecule has 4 heteroatoms. The van der Waals surface area contributed by atoms with E-state index in [1.54, 1.807) is 0 Å². The van der Waals surface area contributed by atoms with Crippen LogP contribution >= 0.6 is 0 Å². The number of fused-ring (bicyclic) bond motifs is 4. The van der Waals surface area contributed by atoms with E-state index in [1.165, 1.54) is 0 Å². The number of aliphatic hydroxyl groups excluding tert-OH is 2. The molecule has 3 heterocycles. The minimum atomic E-state index is -0.0665. The first-order valence-corrected chi connectivity index (χ1v) is 6.56. The van der Waals surface area contributed by atoms with Crippen LogP contribution in [0, 0.1) is 0 Å². The molecule has 0 saturated heterocycles. The number of benzene rings is 1. The van der Waals surface area contributed by atoms with Crippen LogP contribution in [0.15, 0.2) is 42.7 Å². The fraction of sp³-hybridized carbons (Fsp3) is 0.125. The molecular formula is C16H14N2O2. The van der Waals surface area contributed by atoms with Gasteiger partial charge in [-0.1, -0.05) is 0 Å². The zero-order valence-corrected chi connectivity index (χ0v) is 10.8. The molecule has 4 aromatic rings. The molecule has 0 spiro atoms. The Kier molecular flexibility index (Phi) is 2.36. The highest BCUT2D eigenvalue weighted by molar-refractivity contribution is 6.08. The van der Waals surface area contributed by atoms with Gasteiger partial charge < -0.3 is 19.6 Å². The van der Waals surface area contributed by atoms with E-state index in [4.69, 9.17) is 0 Å². The van der Waals surface area contributed by atoms with Gasteiger partial charge in [-0.15, -0.1) is 0 Å². The maximum absolute atomic E-state index is 9.43. The average Bonchev–Trinajstić information content (AvgIpc) is 3.06. The van der Waals surface area contributed by atoms with Gasteiger partial charge in [-0.3, -0.25) is 0 Å². The molecule has 0 radical (unpaired) electrons. The number of nitrogens with one attached hydrogen (secondary N) is 1. The van der Waals surface area contributed by atoms with E-state index in [0.717, 1.165) is 38.4 Å². The molecule has 20 heavy (non-hydrogen) atoms. The number of aromatic amines is 1. The quantitative estimate of drug-likeness (QED) is 0.522. The molecule has 0 atom stereocenters. The van der Waals surface area contributed by atoms with Crippen molar-refractivity contribution < 1.29 is 10.2 Å². The van der Waals surface area contributed by atoms with Crippen LogP contribution in [0.1, 0.15) is 11.1 Å². The van der Waals surface area contributed by atoms with Crippen molar-refractivity contribution in [3.05, 3.63) is 53.9 Å². The smallest absolute Gasteiger partial charge is 0.0686 e. The van der Waals surface area contributed by atoms with Gasteiger partial charge in [0.1, 0.15) is 0 Å². The molecule has 4 rings (SSSR count). The normalized spacial score (nSPS) is 11.9. The van der Waals surface area contributed by atoms with Crippen molar-refractivity contribution in [2.45, 2.75) is 13.2 Å². The van der Waals surface area contributed by atoms with Crippen LogP contribution in [0.3, 0.4) is 0 Å². The van der Waals surface area contributed by atoms with Gasteiger partial charge in [-0.25, -0.2) is 0 Å². The first kappa shape index (κ1) is 11.5. The summed E-state index contributed by atoms with van der Waals surface area (Å²) in [4.78, 5) is 3.37. The molecule has 4 nitrogen and oxygen atoms in total. The maximum atomic E-state index is 9.43. The monoisotopic (exact) mass is 266 g/mol. The number of rotatable bonds is 2. The minimum Gasteiger partial charge on any atom is -0.392 e. The molecule has 1 aromatic carbocycles. The van der Waals surface area contributed by atoms with E-state index in [-0.39, 0.29) is 13.2 Å². The molecule has 0 fully saturated rings.